The molecule has 0 saturated heterocycles. The van der Waals surface area contributed by atoms with Crippen molar-refractivity contribution in [1.82, 2.24) is 5.32 Å². The molecule has 1 aromatic rings. The zero-order valence-corrected chi connectivity index (χ0v) is 14.3. The molecule has 0 aliphatic rings. The molecule has 0 spiro atoms. The molecule has 0 aliphatic heterocycles. The summed E-state index contributed by atoms with van der Waals surface area (Å²) in [4.78, 5) is 14.1. The summed E-state index contributed by atoms with van der Waals surface area (Å²) >= 11 is 0. The normalized spacial score (nSPS) is 12.6. The summed E-state index contributed by atoms with van der Waals surface area (Å²) < 4.78 is 0. The molecule has 124 valence electrons. The lowest BCUT2D eigenvalue weighted by molar-refractivity contribution is 0.129. The van der Waals surface area contributed by atoms with E-state index in [2.05, 4.69) is 22.5 Å². The van der Waals surface area contributed by atoms with Crippen LogP contribution >= 0.6 is 0 Å². The van der Waals surface area contributed by atoms with Gasteiger partial charge in [0.15, 0.2) is 0 Å². The van der Waals surface area contributed by atoms with Gasteiger partial charge in [0.1, 0.15) is 0 Å². The number of nitrogens with one attached hydrogen (secondary N) is 2. The van der Waals surface area contributed by atoms with E-state index in [-0.39, 0.29) is 17.6 Å². The van der Waals surface area contributed by atoms with Crippen LogP contribution in [0.5, 0.6) is 0 Å². The predicted octanol–water partition coefficient (Wildman–Crippen LogP) is 3.06. The van der Waals surface area contributed by atoms with Gasteiger partial charge in [-0.3, -0.25) is 0 Å². The molecule has 0 radical (unpaired) electrons. The Hall–Kier alpha value is -1.75. The standard InChI is InChI=1S/C17H29N3O2/c1-6-20(5)15-9-7-8-14(10-15)19-16(22)18-12-17(3,4)11-13(2)21/h7-10,13,21H,6,11-12H2,1-5H3,(H2,18,19,22)/t13-/m1/s1. The number of urea groups is 1. The maximum Gasteiger partial charge on any atom is 0.319 e. The first-order chi connectivity index (χ1) is 10.2. The first-order valence-electron chi connectivity index (χ1n) is 7.77. The highest BCUT2D eigenvalue weighted by Gasteiger charge is 2.21. The van der Waals surface area contributed by atoms with Gasteiger partial charge in [-0.25, -0.2) is 4.79 Å². The van der Waals surface area contributed by atoms with Gasteiger partial charge in [0.05, 0.1) is 6.10 Å². The van der Waals surface area contributed by atoms with E-state index in [0.29, 0.717) is 13.0 Å². The summed E-state index contributed by atoms with van der Waals surface area (Å²) in [5.41, 5.74) is 1.69. The number of hydrogen-bond acceptors (Lipinski definition) is 3. The molecule has 0 saturated carbocycles. The van der Waals surface area contributed by atoms with E-state index in [1.807, 2.05) is 45.2 Å². The highest BCUT2D eigenvalue weighted by atomic mass is 16.3. The fourth-order valence-corrected chi connectivity index (χ4v) is 2.37. The molecule has 3 N–H and O–H groups in total. The van der Waals surface area contributed by atoms with Crippen molar-refractivity contribution >= 4 is 17.4 Å². The largest absolute Gasteiger partial charge is 0.393 e. The van der Waals surface area contributed by atoms with Gasteiger partial charge in [0.25, 0.3) is 0 Å². The molecule has 5 heteroatoms. The van der Waals surface area contributed by atoms with Crippen molar-refractivity contribution in [2.75, 3.05) is 30.4 Å². The predicted molar refractivity (Wildman–Crippen MR) is 92.5 cm³/mol. The quantitative estimate of drug-likeness (QED) is 0.725. The summed E-state index contributed by atoms with van der Waals surface area (Å²) in [6, 6.07) is 7.53. The Labute approximate surface area is 133 Å². The van der Waals surface area contributed by atoms with Crippen LogP contribution in [-0.2, 0) is 0 Å². The summed E-state index contributed by atoms with van der Waals surface area (Å²) in [7, 11) is 2.01. The van der Waals surface area contributed by atoms with E-state index < -0.39 is 0 Å². The lowest BCUT2D eigenvalue weighted by Crippen LogP contribution is -2.38. The highest BCUT2D eigenvalue weighted by molar-refractivity contribution is 5.89. The molecule has 0 bridgehead atoms. The second-order valence-corrected chi connectivity index (χ2v) is 6.59. The van der Waals surface area contributed by atoms with Crippen LogP contribution in [0.3, 0.4) is 0 Å². The van der Waals surface area contributed by atoms with Crippen LogP contribution in [0.4, 0.5) is 16.2 Å². The van der Waals surface area contributed by atoms with Crippen LogP contribution in [0.15, 0.2) is 24.3 Å². The fourth-order valence-electron chi connectivity index (χ4n) is 2.37. The van der Waals surface area contributed by atoms with E-state index in [1.165, 1.54) is 0 Å². The van der Waals surface area contributed by atoms with E-state index in [4.69, 9.17) is 0 Å². The summed E-state index contributed by atoms with van der Waals surface area (Å²) in [6.45, 7) is 9.31. The molecule has 1 atom stereocenters. The molecular formula is C17H29N3O2. The number of rotatable bonds is 7. The zero-order chi connectivity index (χ0) is 16.8. The molecule has 0 aliphatic carbocycles. The van der Waals surface area contributed by atoms with Crippen molar-refractivity contribution in [3.63, 3.8) is 0 Å². The molecule has 0 unspecified atom stereocenters. The minimum absolute atomic E-state index is 0.143. The Morgan fingerprint density at radius 2 is 2.09 bits per heavy atom. The van der Waals surface area contributed by atoms with Gasteiger partial charge < -0.3 is 20.6 Å². The summed E-state index contributed by atoms with van der Waals surface area (Å²) in [6.07, 6.45) is 0.269. The van der Waals surface area contributed by atoms with Crippen LogP contribution in [0.1, 0.15) is 34.1 Å². The first kappa shape index (κ1) is 18.3. The van der Waals surface area contributed by atoms with Gasteiger partial charge in [0, 0.05) is 31.5 Å². The van der Waals surface area contributed by atoms with Crippen molar-refractivity contribution in [3.05, 3.63) is 24.3 Å². The van der Waals surface area contributed by atoms with Crippen LogP contribution in [-0.4, -0.2) is 37.4 Å². The minimum Gasteiger partial charge on any atom is -0.393 e. The number of aliphatic hydroxyl groups excluding tert-OH is 1. The topological polar surface area (TPSA) is 64.6 Å². The average molecular weight is 307 g/mol. The molecule has 2 amide bonds. The average Bonchev–Trinajstić information content (AvgIpc) is 2.43. The number of carbonyl (C=O) groups is 1. The first-order valence-corrected chi connectivity index (χ1v) is 7.77. The molecule has 0 heterocycles. The minimum atomic E-state index is -0.374. The Morgan fingerprint density at radius 1 is 1.41 bits per heavy atom. The van der Waals surface area contributed by atoms with Crippen molar-refractivity contribution in [1.29, 1.82) is 0 Å². The van der Waals surface area contributed by atoms with Gasteiger partial charge in [-0.1, -0.05) is 19.9 Å². The molecule has 1 rings (SSSR count). The Kier molecular flexibility index (Phi) is 6.68. The number of anilines is 2. The SMILES string of the molecule is CCN(C)c1cccc(NC(=O)NCC(C)(C)C[C@@H](C)O)c1. The maximum absolute atomic E-state index is 12.0. The summed E-state index contributed by atoms with van der Waals surface area (Å²) in [5, 5.41) is 15.2. The van der Waals surface area contributed by atoms with Crippen LogP contribution < -0.4 is 15.5 Å². The molecule has 0 fully saturated rings. The van der Waals surface area contributed by atoms with Gasteiger partial charge in [0.2, 0.25) is 0 Å². The Balaban J connectivity index is 2.55. The van der Waals surface area contributed by atoms with Crippen molar-refractivity contribution in [3.8, 4) is 0 Å². The molecule has 5 nitrogen and oxygen atoms in total. The number of amides is 2. The van der Waals surface area contributed by atoms with E-state index in [0.717, 1.165) is 17.9 Å². The highest BCUT2D eigenvalue weighted by Crippen LogP contribution is 2.21. The van der Waals surface area contributed by atoms with E-state index in [9.17, 15) is 9.90 Å². The van der Waals surface area contributed by atoms with Crippen LogP contribution in [0.2, 0.25) is 0 Å². The Morgan fingerprint density at radius 3 is 2.68 bits per heavy atom. The Bertz CT molecular complexity index is 487. The number of benzene rings is 1. The van der Waals surface area contributed by atoms with Crippen molar-refractivity contribution in [2.24, 2.45) is 5.41 Å². The third kappa shape index (κ3) is 6.35. The van der Waals surface area contributed by atoms with Crippen molar-refractivity contribution in [2.45, 2.75) is 40.2 Å². The smallest absolute Gasteiger partial charge is 0.319 e. The maximum atomic E-state index is 12.0. The monoisotopic (exact) mass is 307 g/mol. The lowest BCUT2D eigenvalue weighted by atomic mass is 9.87. The number of aliphatic hydroxyl groups is 1. The molecule has 0 aromatic heterocycles. The molecule has 1 aromatic carbocycles. The third-order valence-corrected chi connectivity index (χ3v) is 3.59. The number of nitrogens with zero attached hydrogens (tertiary/aromatic N) is 1. The number of hydrogen-bond donors (Lipinski definition) is 3. The van der Waals surface area contributed by atoms with Crippen LogP contribution in [0, 0.1) is 5.41 Å². The van der Waals surface area contributed by atoms with Gasteiger partial charge in [-0.15, -0.1) is 0 Å². The van der Waals surface area contributed by atoms with E-state index >= 15 is 0 Å². The van der Waals surface area contributed by atoms with Crippen molar-refractivity contribution < 1.29 is 9.90 Å². The molecular weight excluding hydrogens is 278 g/mol. The number of carbonyl (C=O) groups excluding carboxylic acids is 1. The van der Waals surface area contributed by atoms with Gasteiger partial charge >= 0.3 is 6.03 Å². The summed E-state index contributed by atoms with van der Waals surface area (Å²) in [5.74, 6) is 0. The second kappa shape index (κ2) is 8.03. The fraction of sp³-hybridized carbons (Fsp3) is 0.588. The second-order valence-electron chi connectivity index (χ2n) is 6.59. The van der Waals surface area contributed by atoms with Gasteiger partial charge in [-0.2, -0.15) is 0 Å². The van der Waals surface area contributed by atoms with Gasteiger partial charge in [-0.05, 0) is 43.9 Å². The van der Waals surface area contributed by atoms with Crippen LogP contribution in [0.25, 0.3) is 0 Å². The van der Waals surface area contributed by atoms with E-state index in [1.54, 1.807) is 6.92 Å². The molecule has 22 heavy (non-hydrogen) atoms. The lowest BCUT2D eigenvalue weighted by Gasteiger charge is -2.26. The zero-order valence-electron chi connectivity index (χ0n) is 14.3. The third-order valence-electron chi connectivity index (χ3n) is 3.59.